The normalized spacial score (nSPS) is 9.87. The van der Waals surface area contributed by atoms with Crippen molar-refractivity contribution >= 4 is 50.5 Å². The Balaban J connectivity index is 0. The second kappa shape index (κ2) is 23.9. The summed E-state index contributed by atoms with van der Waals surface area (Å²) in [6.45, 7) is 3.43. The molecule has 0 N–H and O–H groups in total. The second-order valence-corrected chi connectivity index (χ2v) is 8.49. The van der Waals surface area contributed by atoms with Crippen molar-refractivity contribution in [2.75, 3.05) is 0 Å². The third-order valence-corrected chi connectivity index (χ3v) is 5.12. The summed E-state index contributed by atoms with van der Waals surface area (Å²) in [4.78, 5) is 18.2. The molecule has 0 aromatic carbocycles. The Morgan fingerprint density at radius 2 is 0.895 bits per heavy atom. The van der Waals surface area contributed by atoms with Gasteiger partial charge in [-0.1, -0.05) is 38.1 Å². The summed E-state index contributed by atoms with van der Waals surface area (Å²) < 4.78 is 0. The average Bonchev–Trinajstić information content (AvgIpc) is 2.95. The van der Waals surface area contributed by atoms with Crippen LogP contribution in [-0.4, -0.2) is 19.9 Å². The molecule has 0 saturated carbocycles. The molecule has 0 spiro atoms. The Morgan fingerprint density at radius 1 is 0.632 bits per heavy atom. The molecule has 0 unspecified atom stereocenters. The Morgan fingerprint density at radius 3 is 1.00 bits per heavy atom. The second-order valence-electron chi connectivity index (χ2n) is 6.59. The first-order valence-electron chi connectivity index (χ1n) is 10.4. The van der Waals surface area contributed by atoms with Gasteiger partial charge in [0.2, 0.25) is 0 Å². The monoisotopic (exact) mass is 935 g/mol. The van der Waals surface area contributed by atoms with E-state index >= 15 is 0 Å². The van der Waals surface area contributed by atoms with E-state index in [1.165, 1.54) is 5.41 Å². The number of rotatable bonds is 2. The maximum absolute atomic E-state index is 8.03. The summed E-state index contributed by atoms with van der Waals surface area (Å²) in [5.74, 6) is 0. The first kappa shape index (κ1) is 38.0. The summed E-state index contributed by atoms with van der Waals surface area (Å²) in [6, 6.07) is 24.9. The van der Waals surface area contributed by atoms with E-state index in [0.717, 1.165) is 27.7 Å². The number of pyridine rings is 4. The van der Waals surface area contributed by atoms with Crippen LogP contribution in [0.2, 0.25) is 0 Å². The molecule has 4 rings (SSSR count). The number of allylic oxidation sites excluding steroid dienone is 3. The van der Waals surface area contributed by atoms with E-state index < -0.39 is 0 Å². The summed E-state index contributed by atoms with van der Waals surface area (Å²) in [7, 11) is 0. The Bertz CT molecular complexity index is 1080. The van der Waals surface area contributed by atoms with Gasteiger partial charge in [-0.25, -0.2) is 15.2 Å². The van der Waals surface area contributed by atoms with E-state index in [-0.39, 0.29) is 47.0 Å². The van der Waals surface area contributed by atoms with Crippen molar-refractivity contribution < 1.29 is 42.1 Å². The molecular weight excluding hydrogens is 913 g/mol. The van der Waals surface area contributed by atoms with Gasteiger partial charge in [0.15, 0.2) is 0 Å². The van der Waals surface area contributed by atoms with Crippen LogP contribution >= 0.6 is 0 Å². The third kappa shape index (κ3) is 17.4. The third-order valence-electron chi connectivity index (χ3n) is 3.77. The van der Waals surface area contributed by atoms with Crippen molar-refractivity contribution in [2.45, 2.75) is 13.8 Å². The predicted molar refractivity (Wildman–Crippen MR) is 156 cm³/mol. The molecule has 0 atom stereocenters. The Labute approximate surface area is 275 Å². The van der Waals surface area contributed by atoms with Crippen molar-refractivity contribution in [1.29, 1.82) is 5.26 Å². The van der Waals surface area contributed by atoms with Crippen molar-refractivity contribution in [2.24, 2.45) is 0 Å². The van der Waals surface area contributed by atoms with Crippen LogP contribution in [0, 0.1) is 11.3 Å². The fourth-order valence-corrected chi connectivity index (χ4v) is 2.18. The fraction of sp³-hybridized carbons (Fsp3) is 0.0741. The summed E-state index contributed by atoms with van der Waals surface area (Å²) in [6.07, 6.45) is 7.07. The number of nitrogens with zero attached hydrogens (tertiary/aromatic N) is 5. The van der Waals surface area contributed by atoms with E-state index in [2.05, 4.69) is 70.5 Å². The van der Waals surface area contributed by atoms with Crippen LogP contribution in [0.1, 0.15) is 13.8 Å². The van der Waals surface area contributed by atoms with Gasteiger partial charge in [0.1, 0.15) is 0 Å². The zero-order chi connectivity index (χ0) is 26.6. The average molecular weight is 936 g/mol. The van der Waals surface area contributed by atoms with Crippen LogP contribution in [0.15, 0.2) is 118 Å². The summed E-state index contributed by atoms with van der Waals surface area (Å²) in [5.41, 5.74) is 3.66. The molecule has 4 aromatic heterocycles. The van der Waals surface area contributed by atoms with Crippen molar-refractivity contribution in [3.05, 3.63) is 118 Å². The van der Waals surface area contributed by atoms with E-state index in [9.17, 15) is 0 Å². The van der Waals surface area contributed by atoms with E-state index in [1.54, 1.807) is 44.7 Å². The quantitative estimate of drug-likeness (QED) is 0.176. The maximum Gasteiger partial charge on any atom is 2.00 e. The molecule has 4 aromatic rings. The van der Waals surface area contributed by atoms with Crippen molar-refractivity contribution in [1.82, 2.24) is 19.9 Å². The number of nitriles is 1. The molecule has 0 fully saturated rings. The molecule has 38 heavy (non-hydrogen) atoms. The predicted octanol–water partition coefficient (Wildman–Crippen LogP) is 6.06. The molecule has 4 heterocycles. The molecule has 0 aliphatic carbocycles. The van der Waals surface area contributed by atoms with Gasteiger partial charge in [-0.3, -0.25) is 19.9 Å². The fourth-order valence-electron chi connectivity index (χ4n) is 2.14. The van der Waals surface area contributed by atoms with Gasteiger partial charge in [-0.2, -0.15) is 5.26 Å². The van der Waals surface area contributed by atoms with Gasteiger partial charge in [0, 0.05) is 24.8 Å². The molecule has 0 bridgehead atoms. The molecule has 0 saturated heterocycles. The molecule has 200 valence electrons. The van der Waals surface area contributed by atoms with Crippen LogP contribution in [-0.2, 0) is 92.6 Å². The first-order chi connectivity index (χ1) is 17.4. The molecular formula is C27H23N5Pt2S4. The minimum Gasteiger partial charge on any atom is -0.789 e. The Hall–Kier alpha value is -2.17. The number of hydrogen-bond acceptors (Lipinski definition) is 9. The van der Waals surface area contributed by atoms with E-state index in [0.29, 0.717) is 4.91 Å². The summed E-state index contributed by atoms with van der Waals surface area (Å²) >= 11 is 18.0. The topological polar surface area (TPSA) is 75.3 Å². The smallest absolute Gasteiger partial charge is 0.789 e. The summed E-state index contributed by atoms with van der Waals surface area (Å²) in [5, 5.41) is 9.51. The molecule has 0 amide bonds. The van der Waals surface area contributed by atoms with Gasteiger partial charge in [-0.15, -0.1) is 4.91 Å². The Kier molecular flexibility index (Phi) is 23.9. The zero-order valence-corrected chi connectivity index (χ0v) is 28.1. The minimum atomic E-state index is 0. The zero-order valence-electron chi connectivity index (χ0n) is 20.3. The van der Waals surface area contributed by atoms with Gasteiger partial charge < -0.3 is 50.5 Å². The van der Waals surface area contributed by atoms with Crippen LogP contribution in [0.25, 0.3) is 22.8 Å². The van der Waals surface area contributed by atoms with E-state index in [1.807, 2.05) is 72.8 Å². The largest absolute Gasteiger partial charge is 2.00 e. The standard InChI is InChI=1S/2C10H8N2.C4H5NS2.C3H6S2.2Pt/c2*1-3-7-11-9(5-1)10-6-2-4-8-12-10;1-3(6)4(7)2-5;1-3(5)2-4;;/h2*1-8H;6-7H,1H3;2,4-5H,1H3;;/q;;;;2*+2/p-4. The van der Waals surface area contributed by atoms with Crippen LogP contribution in [0.4, 0.5) is 0 Å². The molecule has 0 radical (unpaired) electrons. The minimum absolute atomic E-state index is 0. The van der Waals surface area contributed by atoms with Gasteiger partial charge in [0.25, 0.3) is 0 Å². The maximum atomic E-state index is 8.03. The van der Waals surface area contributed by atoms with Gasteiger partial charge in [0.05, 0.1) is 28.8 Å². The molecule has 0 aliphatic rings. The van der Waals surface area contributed by atoms with Crippen LogP contribution < -0.4 is 0 Å². The van der Waals surface area contributed by atoms with E-state index in [4.69, 9.17) is 5.26 Å². The number of aromatic nitrogens is 4. The van der Waals surface area contributed by atoms with Crippen molar-refractivity contribution in [3.63, 3.8) is 0 Å². The van der Waals surface area contributed by atoms with Crippen molar-refractivity contribution in [3.8, 4) is 28.8 Å². The SMILES string of the molecule is CC([S-])=C([S-])C#N.CC([S-])=C[S-].[Pt+2].[Pt+2].c1ccc(-c2ccccn2)nc1.c1ccc(-c2ccccn2)nc1. The van der Waals surface area contributed by atoms with Crippen LogP contribution in [0.3, 0.4) is 0 Å². The molecule has 11 heteroatoms. The van der Waals surface area contributed by atoms with Gasteiger partial charge >= 0.3 is 42.1 Å². The first-order valence-corrected chi connectivity index (χ1v) is 12.1. The van der Waals surface area contributed by atoms with Gasteiger partial charge in [-0.05, 0) is 48.5 Å². The number of hydrogen-bond donors (Lipinski definition) is 0. The molecule has 0 aliphatic heterocycles. The van der Waals surface area contributed by atoms with Crippen LogP contribution in [0.5, 0.6) is 0 Å². The molecule has 5 nitrogen and oxygen atoms in total.